The Morgan fingerprint density at radius 2 is 1.68 bits per heavy atom. The van der Waals surface area contributed by atoms with Gasteiger partial charge < -0.3 is 26.2 Å². The maximum Gasteiger partial charge on any atom is 0.490 e. The maximum absolute atomic E-state index is 13.9. The molecule has 37 heavy (non-hydrogen) atoms. The molecule has 3 heterocycles. The van der Waals surface area contributed by atoms with Crippen LogP contribution in [0.3, 0.4) is 0 Å². The van der Waals surface area contributed by atoms with Crippen molar-refractivity contribution in [1.29, 1.82) is 0 Å². The Kier molecular flexibility index (Phi) is 8.25. The minimum Gasteiger partial charge on any atom is -0.475 e. The second kappa shape index (κ2) is 11.0. The average molecular weight is 532 g/mol. The molecule has 0 atom stereocenters. The Morgan fingerprint density at radius 1 is 1.03 bits per heavy atom. The number of carboxylic acid groups (broad SMARTS) is 1. The quantitative estimate of drug-likeness (QED) is 0.360. The van der Waals surface area contributed by atoms with Crippen molar-refractivity contribution in [2.24, 2.45) is 0 Å². The van der Waals surface area contributed by atoms with Gasteiger partial charge in [-0.05, 0) is 37.1 Å². The summed E-state index contributed by atoms with van der Waals surface area (Å²) in [5.41, 5.74) is 5.93. The summed E-state index contributed by atoms with van der Waals surface area (Å²) in [4.78, 5) is 23.5. The monoisotopic (exact) mass is 532 g/mol. The molecule has 1 aliphatic heterocycles. The molecule has 0 unspecified atom stereocenters. The molecule has 1 aliphatic rings. The molecule has 5 N–H and O–H groups in total. The number of halogens is 6. The molecular weight excluding hydrogens is 510 g/mol. The highest BCUT2D eigenvalue weighted by molar-refractivity contribution is 5.91. The van der Waals surface area contributed by atoms with Crippen LogP contribution in [0.15, 0.2) is 30.3 Å². The van der Waals surface area contributed by atoms with Crippen molar-refractivity contribution < 1.29 is 41.4 Å². The number of aliphatic hydroxyl groups is 1. The zero-order valence-electron chi connectivity index (χ0n) is 19.1. The molecule has 0 saturated carbocycles. The van der Waals surface area contributed by atoms with Gasteiger partial charge in [0.25, 0.3) is 0 Å². The molecule has 15 heteroatoms. The predicted molar refractivity (Wildman–Crippen MR) is 123 cm³/mol. The lowest BCUT2D eigenvalue weighted by atomic mass is 10.00. The number of aliphatic carboxylic acids is 1. The van der Waals surface area contributed by atoms with E-state index in [9.17, 15) is 26.3 Å². The largest absolute Gasteiger partial charge is 0.490 e. The van der Waals surface area contributed by atoms with Gasteiger partial charge in [0.05, 0.1) is 23.3 Å². The molecule has 4 rings (SSSR count). The van der Waals surface area contributed by atoms with Crippen LogP contribution in [-0.4, -0.2) is 63.6 Å². The van der Waals surface area contributed by atoms with Gasteiger partial charge >= 0.3 is 18.3 Å². The zero-order chi connectivity index (χ0) is 27.4. The molecule has 0 radical (unpaired) electrons. The van der Waals surface area contributed by atoms with Crippen LogP contribution >= 0.6 is 0 Å². The first-order valence-electron chi connectivity index (χ1n) is 10.9. The van der Waals surface area contributed by atoms with Crippen molar-refractivity contribution in [3.05, 3.63) is 35.9 Å². The van der Waals surface area contributed by atoms with Crippen LogP contribution in [0.25, 0.3) is 22.3 Å². The van der Waals surface area contributed by atoms with Gasteiger partial charge in [-0.15, -0.1) is 0 Å². The molecule has 2 aromatic heterocycles. The van der Waals surface area contributed by atoms with Gasteiger partial charge in [0, 0.05) is 30.9 Å². The van der Waals surface area contributed by atoms with Crippen molar-refractivity contribution in [2.75, 3.05) is 42.2 Å². The molecule has 3 aromatic rings. The molecule has 0 spiro atoms. The number of pyridine rings is 1. The van der Waals surface area contributed by atoms with E-state index in [0.717, 1.165) is 18.9 Å². The van der Waals surface area contributed by atoms with Crippen molar-refractivity contribution in [3.63, 3.8) is 0 Å². The van der Waals surface area contributed by atoms with Gasteiger partial charge in [-0.2, -0.15) is 36.3 Å². The van der Waals surface area contributed by atoms with Crippen LogP contribution in [0.2, 0.25) is 0 Å². The number of nitrogens with two attached hydrogens (primary N) is 1. The lowest BCUT2D eigenvalue weighted by Crippen LogP contribution is -2.21. The highest BCUT2D eigenvalue weighted by Crippen LogP contribution is 2.43. The third-order valence-electron chi connectivity index (χ3n) is 5.27. The van der Waals surface area contributed by atoms with E-state index in [1.54, 1.807) is 12.1 Å². The van der Waals surface area contributed by atoms with E-state index in [0.29, 0.717) is 30.0 Å². The lowest BCUT2D eigenvalue weighted by molar-refractivity contribution is -0.192. The van der Waals surface area contributed by atoms with E-state index >= 15 is 0 Å². The van der Waals surface area contributed by atoms with E-state index in [1.165, 1.54) is 12.1 Å². The maximum atomic E-state index is 13.9. The first kappa shape index (κ1) is 27.7. The van der Waals surface area contributed by atoms with E-state index in [1.807, 2.05) is 4.90 Å². The molecule has 9 nitrogen and oxygen atoms in total. The second-order valence-corrected chi connectivity index (χ2v) is 7.84. The number of hydrogen-bond donors (Lipinski definition) is 4. The van der Waals surface area contributed by atoms with E-state index in [-0.39, 0.29) is 36.0 Å². The summed E-state index contributed by atoms with van der Waals surface area (Å²) >= 11 is 0. The van der Waals surface area contributed by atoms with Crippen LogP contribution in [0, 0.1) is 0 Å². The number of carbonyl (C=O) groups is 1. The Hall–Kier alpha value is -3.88. The summed E-state index contributed by atoms with van der Waals surface area (Å²) < 4.78 is 73.3. The molecule has 200 valence electrons. The predicted octanol–water partition coefficient (Wildman–Crippen LogP) is 3.93. The Labute approximate surface area is 206 Å². The normalized spacial score (nSPS) is 13.9. The van der Waals surface area contributed by atoms with Crippen LogP contribution in [0.1, 0.15) is 18.4 Å². The Bertz CT molecular complexity index is 1260. The number of nitrogen functional groups attached to an aromatic ring is 1. The first-order valence-corrected chi connectivity index (χ1v) is 10.9. The summed E-state index contributed by atoms with van der Waals surface area (Å²) in [5, 5.41) is 19.6. The van der Waals surface area contributed by atoms with Gasteiger partial charge in [0.2, 0.25) is 5.95 Å². The number of alkyl halides is 6. The van der Waals surface area contributed by atoms with Crippen molar-refractivity contribution >= 4 is 34.5 Å². The van der Waals surface area contributed by atoms with Crippen molar-refractivity contribution in [2.45, 2.75) is 25.2 Å². The average Bonchev–Trinajstić information content (AvgIpc) is 3.35. The van der Waals surface area contributed by atoms with Gasteiger partial charge in [-0.1, -0.05) is 6.07 Å². The standard InChI is InChI=1S/C20H21F3N6O.C2HF3O2/c21-20(22,23)13-4-3-5-15(29-9-1-2-10-29)16(13)14-7-6-12-17(25-8-11-30)27-19(24)28-18(12)26-14;3-2(4,5)1(6)7/h3-7,30H,1-2,8-11H2,(H3,24,25,26,27,28);(H,6,7). The highest BCUT2D eigenvalue weighted by Gasteiger charge is 2.38. The van der Waals surface area contributed by atoms with E-state index in [4.69, 9.17) is 20.7 Å². The zero-order valence-corrected chi connectivity index (χ0v) is 19.1. The fourth-order valence-corrected chi connectivity index (χ4v) is 3.74. The fourth-order valence-electron chi connectivity index (χ4n) is 3.74. The minimum absolute atomic E-state index is 0.0378. The third-order valence-corrected chi connectivity index (χ3v) is 5.27. The number of benzene rings is 1. The van der Waals surface area contributed by atoms with Gasteiger partial charge in [-0.3, -0.25) is 0 Å². The fraction of sp³-hybridized carbons (Fsp3) is 0.364. The Balaban J connectivity index is 0.000000479. The molecule has 0 bridgehead atoms. The van der Waals surface area contributed by atoms with Gasteiger partial charge in [0.1, 0.15) is 5.82 Å². The number of carboxylic acids is 1. The third kappa shape index (κ3) is 6.67. The molecule has 1 fully saturated rings. The summed E-state index contributed by atoms with van der Waals surface area (Å²) in [6.07, 6.45) is -7.74. The van der Waals surface area contributed by atoms with Crippen LogP contribution in [-0.2, 0) is 11.0 Å². The molecule has 0 aliphatic carbocycles. The number of fused-ring (bicyclic) bond motifs is 1. The van der Waals surface area contributed by atoms with Crippen molar-refractivity contribution in [1.82, 2.24) is 15.0 Å². The topological polar surface area (TPSA) is 137 Å². The van der Waals surface area contributed by atoms with Gasteiger partial charge in [0.15, 0.2) is 5.65 Å². The van der Waals surface area contributed by atoms with Crippen LogP contribution in [0.4, 0.5) is 43.8 Å². The van der Waals surface area contributed by atoms with E-state index < -0.39 is 23.9 Å². The molecule has 1 aromatic carbocycles. The van der Waals surface area contributed by atoms with Crippen LogP contribution in [0.5, 0.6) is 0 Å². The van der Waals surface area contributed by atoms with Crippen LogP contribution < -0.4 is 16.0 Å². The number of anilines is 3. The molecule has 0 amide bonds. The lowest BCUT2D eigenvalue weighted by Gasteiger charge is -2.24. The summed E-state index contributed by atoms with van der Waals surface area (Å²) in [7, 11) is 0. The number of aliphatic hydroxyl groups excluding tert-OH is 1. The van der Waals surface area contributed by atoms with Crippen molar-refractivity contribution in [3.8, 4) is 11.3 Å². The number of nitrogens with zero attached hydrogens (tertiary/aromatic N) is 4. The molecule has 1 saturated heterocycles. The summed E-state index contributed by atoms with van der Waals surface area (Å²) in [6.45, 7) is 1.52. The smallest absolute Gasteiger partial charge is 0.475 e. The molecular formula is C22H22F6N6O3. The number of hydrogen-bond acceptors (Lipinski definition) is 8. The summed E-state index contributed by atoms with van der Waals surface area (Å²) in [6, 6.07) is 7.36. The minimum atomic E-state index is -5.08. The van der Waals surface area contributed by atoms with E-state index in [2.05, 4.69) is 20.3 Å². The second-order valence-electron chi connectivity index (χ2n) is 7.84. The van der Waals surface area contributed by atoms with Gasteiger partial charge in [-0.25, -0.2) is 9.78 Å². The SMILES string of the molecule is Nc1nc(NCCO)c2ccc(-c3c(N4CCCC4)cccc3C(F)(F)F)nc2n1.O=C(O)C(F)(F)F. The Morgan fingerprint density at radius 3 is 2.24 bits per heavy atom. The highest BCUT2D eigenvalue weighted by atomic mass is 19.4. The number of nitrogens with one attached hydrogen (secondary N) is 1. The summed E-state index contributed by atoms with van der Waals surface area (Å²) in [5.74, 6) is -2.45. The first-order chi connectivity index (χ1) is 17.3. The number of aromatic nitrogens is 3. The number of rotatable bonds is 5.